The molecule has 13 atom stereocenters. The summed E-state index contributed by atoms with van der Waals surface area (Å²) in [5.41, 5.74) is -4.72. The average molecular weight is 647 g/mol. The van der Waals surface area contributed by atoms with Crippen LogP contribution in [-0.2, 0) is 9.47 Å². The van der Waals surface area contributed by atoms with Gasteiger partial charge < -0.3 is 40.1 Å². The Hall–Kier alpha value is -1.00. The fraction of sp³-hybridized carbons (Fsp3) is 0.933. The standard InChI is InChI=1S/C30H44F6O8/c1-26-9-7-15(43-25-24(41)23(40)22(39)21(13-37)44-25)11-14(26)3-4-16-17-5-6-19(27(17,2)10-8-18(16)26)20(38)12-28(42,29(31,32)33)30(34,35)36/h3,15-25,37-42H,4-13H2,1-2H3/t15-,16-,17-,18-,19+,20-,21+,22+,23-,24+,25+,26-,27-/m0/s1. The summed E-state index contributed by atoms with van der Waals surface area (Å²) in [7, 11) is 0. The molecule has 5 rings (SSSR count). The minimum absolute atomic E-state index is 0.0107. The maximum atomic E-state index is 13.4. The van der Waals surface area contributed by atoms with Crippen LogP contribution in [0.1, 0.15) is 71.6 Å². The van der Waals surface area contributed by atoms with Crippen LogP contribution in [-0.4, -0.2) is 98.1 Å². The van der Waals surface area contributed by atoms with Crippen LogP contribution in [0.15, 0.2) is 11.6 Å². The molecule has 1 saturated heterocycles. The van der Waals surface area contributed by atoms with Crippen molar-refractivity contribution in [1.29, 1.82) is 0 Å². The Morgan fingerprint density at radius 1 is 0.932 bits per heavy atom. The molecular formula is C30H44F6O8. The summed E-state index contributed by atoms with van der Waals surface area (Å²) < 4.78 is 91.9. The van der Waals surface area contributed by atoms with Gasteiger partial charge in [-0.1, -0.05) is 25.5 Å². The number of aliphatic hydroxyl groups excluding tert-OH is 5. The van der Waals surface area contributed by atoms with Gasteiger partial charge in [-0.05, 0) is 85.9 Å². The smallest absolute Gasteiger partial charge is 0.394 e. The minimum Gasteiger partial charge on any atom is -0.394 e. The number of halogens is 6. The Bertz CT molecular complexity index is 1070. The van der Waals surface area contributed by atoms with Crippen molar-refractivity contribution in [1.82, 2.24) is 0 Å². The van der Waals surface area contributed by atoms with Gasteiger partial charge in [0.1, 0.15) is 24.4 Å². The molecule has 4 fully saturated rings. The zero-order valence-electron chi connectivity index (χ0n) is 24.8. The van der Waals surface area contributed by atoms with E-state index in [-0.39, 0.29) is 35.7 Å². The van der Waals surface area contributed by atoms with Crippen LogP contribution < -0.4 is 0 Å². The van der Waals surface area contributed by atoms with Crippen LogP contribution in [0.4, 0.5) is 26.3 Å². The van der Waals surface area contributed by atoms with E-state index in [2.05, 4.69) is 13.0 Å². The summed E-state index contributed by atoms with van der Waals surface area (Å²) in [6, 6.07) is 0. The van der Waals surface area contributed by atoms with Crippen LogP contribution in [0.25, 0.3) is 0 Å². The van der Waals surface area contributed by atoms with Gasteiger partial charge in [-0.15, -0.1) is 0 Å². The third kappa shape index (κ3) is 5.42. The number of ether oxygens (including phenoxy) is 2. The molecule has 1 aliphatic heterocycles. The van der Waals surface area contributed by atoms with Crippen molar-refractivity contribution in [2.24, 2.45) is 34.5 Å². The maximum absolute atomic E-state index is 13.4. The first-order valence-corrected chi connectivity index (χ1v) is 15.5. The molecule has 8 nitrogen and oxygen atoms in total. The number of alkyl halides is 6. The molecule has 5 aliphatic rings. The molecule has 4 aliphatic carbocycles. The van der Waals surface area contributed by atoms with Crippen molar-refractivity contribution in [3.63, 3.8) is 0 Å². The quantitative estimate of drug-likeness (QED) is 0.191. The molecule has 1 heterocycles. The molecule has 0 aromatic rings. The summed E-state index contributed by atoms with van der Waals surface area (Å²) in [6.45, 7) is 3.48. The number of aliphatic hydroxyl groups is 6. The summed E-state index contributed by atoms with van der Waals surface area (Å²) in [5.74, 6) is -0.479. The second-order valence-corrected chi connectivity index (χ2v) is 14.3. The van der Waals surface area contributed by atoms with Crippen LogP contribution in [0.3, 0.4) is 0 Å². The summed E-state index contributed by atoms with van der Waals surface area (Å²) in [5, 5.41) is 60.6. The Labute approximate surface area is 252 Å². The van der Waals surface area contributed by atoms with Crippen molar-refractivity contribution in [3.05, 3.63) is 11.6 Å². The lowest BCUT2D eigenvalue weighted by Crippen LogP contribution is -2.60. The number of fused-ring (bicyclic) bond motifs is 5. The van der Waals surface area contributed by atoms with Crippen molar-refractivity contribution in [3.8, 4) is 0 Å². The van der Waals surface area contributed by atoms with E-state index in [0.717, 1.165) is 12.0 Å². The molecule has 44 heavy (non-hydrogen) atoms. The van der Waals surface area contributed by atoms with E-state index in [1.807, 2.05) is 6.92 Å². The van der Waals surface area contributed by atoms with E-state index in [9.17, 15) is 57.0 Å². The van der Waals surface area contributed by atoms with Gasteiger partial charge in [0.15, 0.2) is 6.29 Å². The van der Waals surface area contributed by atoms with Gasteiger partial charge in [0, 0.05) is 6.42 Å². The molecule has 0 unspecified atom stereocenters. The zero-order chi connectivity index (χ0) is 32.6. The fourth-order valence-corrected chi connectivity index (χ4v) is 9.62. The molecule has 0 aromatic heterocycles. The molecular weight excluding hydrogens is 602 g/mol. The van der Waals surface area contributed by atoms with Crippen LogP contribution in [0.5, 0.6) is 0 Å². The van der Waals surface area contributed by atoms with Gasteiger partial charge in [-0.3, -0.25) is 0 Å². The van der Waals surface area contributed by atoms with Crippen molar-refractivity contribution >= 4 is 0 Å². The molecule has 0 amide bonds. The molecule has 6 N–H and O–H groups in total. The third-order valence-corrected chi connectivity index (χ3v) is 12.2. The van der Waals surface area contributed by atoms with E-state index >= 15 is 0 Å². The second kappa shape index (κ2) is 11.6. The second-order valence-electron chi connectivity index (χ2n) is 14.3. The van der Waals surface area contributed by atoms with Gasteiger partial charge in [-0.25, -0.2) is 0 Å². The summed E-state index contributed by atoms with van der Waals surface area (Å²) in [4.78, 5) is 0. The van der Waals surface area contributed by atoms with Gasteiger partial charge >= 0.3 is 12.4 Å². The minimum atomic E-state index is -5.98. The van der Waals surface area contributed by atoms with E-state index in [4.69, 9.17) is 9.47 Å². The molecule has 14 heteroatoms. The van der Waals surface area contributed by atoms with Crippen LogP contribution in [0, 0.1) is 34.5 Å². The van der Waals surface area contributed by atoms with Crippen molar-refractivity contribution in [2.45, 2.75) is 133 Å². The molecule has 0 spiro atoms. The Kier molecular flexibility index (Phi) is 9.06. The van der Waals surface area contributed by atoms with E-state index in [1.54, 1.807) is 0 Å². The first-order chi connectivity index (χ1) is 20.3. The van der Waals surface area contributed by atoms with Crippen molar-refractivity contribution in [2.75, 3.05) is 6.61 Å². The topological polar surface area (TPSA) is 140 Å². The normalized spacial score (nSPS) is 45.6. The zero-order valence-corrected chi connectivity index (χ0v) is 24.8. The first-order valence-electron chi connectivity index (χ1n) is 15.5. The summed E-state index contributed by atoms with van der Waals surface area (Å²) in [6.07, 6.45) is -16.3. The van der Waals surface area contributed by atoms with Gasteiger partial charge in [0.05, 0.1) is 18.8 Å². The van der Waals surface area contributed by atoms with E-state index in [1.165, 1.54) is 0 Å². The Morgan fingerprint density at radius 3 is 2.20 bits per heavy atom. The van der Waals surface area contributed by atoms with Crippen LogP contribution in [0.2, 0.25) is 0 Å². The predicted octanol–water partition coefficient (Wildman–Crippen LogP) is 3.36. The average Bonchev–Trinajstić information content (AvgIpc) is 3.29. The molecule has 0 radical (unpaired) electrons. The SMILES string of the molecule is C[C@]12CC[C@H]3[C@@H](CC=C4C[C@@H](O[C@@H]5O[C@H](CO)[C@@H](O)[C@H](O)[C@H]5O)CC[C@@]43C)[C@@H]1CC[C@@H]2[C@@H](O)CC(O)(C(F)(F)F)C(F)(F)F. The number of hydrogen-bond acceptors (Lipinski definition) is 8. The highest BCUT2D eigenvalue weighted by Crippen LogP contribution is 2.67. The van der Waals surface area contributed by atoms with Gasteiger partial charge in [-0.2, -0.15) is 26.3 Å². The predicted molar refractivity (Wildman–Crippen MR) is 142 cm³/mol. The highest BCUT2D eigenvalue weighted by molar-refractivity contribution is 5.25. The van der Waals surface area contributed by atoms with Gasteiger partial charge in [0.2, 0.25) is 0 Å². The van der Waals surface area contributed by atoms with E-state index in [0.29, 0.717) is 38.5 Å². The molecule has 3 saturated carbocycles. The van der Waals surface area contributed by atoms with E-state index < -0.39 is 79.1 Å². The number of rotatable bonds is 6. The van der Waals surface area contributed by atoms with Crippen LogP contribution >= 0.6 is 0 Å². The van der Waals surface area contributed by atoms with Gasteiger partial charge in [0.25, 0.3) is 5.60 Å². The monoisotopic (exact) mass is 646 g/mol. The Morgan fingerprint density at radius 2 is 1.59 bits per heavy atom. The molecule has 0 aromatic carbocycles. The first kappa shape index (κ1) is 34.3. The highest BCUT2D eigenvalue weighted by atomic mass is 19.4. The molecule has 0 bridgehead atoms. The largest absolute Gasteiger partial charge is 0.426 e. The van der Waals surface area contributed by atoms with Crippen molar-refractivity contribution < 1.29 is 66.5 Å². The summed E-state index contributed by atoms with van der Waals surface area (Å²) >= 11 is 0. The maximum Gasteiger partial charge on any atom is 0.426 e. The Balaban J connectivity index is 1.28. The third-order valence-electron chi connectivity index (χ3n) is 12.2. The number of hydrogen-bond donors (Lipinski definition) is 6. The lowest BCUT2D eigenvalue weighted by molar-refractivity contribution is -0.375. The lowest BCUT2D eigenvalue weighted by atomic mass is 9.47. The molecule has 254 valence electrons. The highest BCUT2D eigenvalue weighted by Gasteiger charge is 2.71. The number of allylic oxidation sites excluding steroid dienone is 1. The fourth-order valence-electron chi connectivity index (χ4n) is 9.62. The lowest BCUT2D eigenvalue weighted by Gasteiger charge is -2.58.